The number of carbonyl (C=O) groups excluding carboxylic acids is 2. The van der Waals surface area contributed by atoms with Crippen LogP contribution < -0.4 is 15.5 Å². The number of nitrogens with zero attached hydrogens (tertiary/aromatic N) is 5. The molecule has 0 aromatic heterocycles. The third-order valence-corrected chi connectivity index (χ3v) is 7.48. The zero-order valence-electron chi connectivity index (χ0n) is 21.8. The van der Waals surface area contributed by atoms with Crippen LogP contribution in [-0.2, 0) is 12.8 Å². The van der Waals surface area contributed by atoms with Gasteiger partial charge in [-0.3, -0.25) is 4.79 Å². The van der Waals surface area contributed by atoms with Crippen molar-refractivity contribution < 1.29 is 9.59 Å². The van der Waals surface area contributed by atoms with Crippen LogP contribution in [0.1, 0.15) is 35.3 Å². The van der Waals surface area contributed by atoms with Crippen LogP contribution in [0.25, 0.3) is 0 Å². The Morgan fingerprint density at radius 3 is 2.27 bits per heavy atom. The largest absolute Gasteiger partial charge is 0.369 e. The molecule has 1 fully saturated rings. The van der Waals surface area contributed by atoms with Gasteiger partial charge in [0.05, 0.1) is 18.8 Å². The second-order valence-corrected chi connectivity index (χ2v) is 9.85. The molecule has 9 heteroatoms. The monoisotopic (exact) mass is 501 g/mol. The third kappa shape index (κ3) is 5.22. The summed E-state index contributed by atoms with van der Waals surface area (Å²) in [7, 11) is 2.13. The second-order valence-electron chi connectivity index (χ2n) is 9.85. The number of azo groups is 1. The van der Waals surface area contributed by atoms with Crippen molar-refractivity contribution in [3.63, 3.8) is 0 Å². The van der Waals surface area contributed by atoms with Crippen LogP contribution in [0.3, 0.4) is 0 Å². The van der Waals surface area contributed by atoms with Gasteiger partial charge in [0.25, 0.3) is 5.91 Å². The number of para-hydroxylation sites is 1. The van der Waals surface area contributed by atoms with Gasteiger partial charge in [-0.2, -0.15) is 10.2 Å². The number of anilines is 2. The average molecular weight is 502 g/mol. The lowest BCUT2D eigenvalue weighted by molar-refractivity contribution is 0.0943. The van der Waals surface area contributed by atoms with Gasteiger partial charge in [0.1, 0.15) is 0 Å². The summed E-state index contributed by atoms with van der Waals surface area (Å²) in [4.78, 5) is 32.5. The van der Waals surface area contributed by atoms with Gasteiger partial charge in [0, 0.05) is 48.7 Å². The molecule has 0 unspecified atom stereocenters. The van der Waals surface area contributed by atoms with E-state index in [0.717, 1.165) is 72.8 Å². The molecule has 3 aliphatic heterocycles. The molecule has 0 bridgehead atoms. The van der Waals surface area contributed by atoms with E-state index in [9.17, 15) is 9.59 Å². The first kappa shape index (κ1) is 25.0. The van der Waals surface area contributed by atoms with Gasteiger partial charge >= 0.3 is 6.03 Å². The molecule has 9 nitrogen and oxygen atoms in total. The van der Waals surface area contributed by atoms with E-state index in [1.165, 1.54) is 0 Å². The molecule has 2 N–H and O–H groups in total. The van der Waals surface area contributed by atoms with Crippen molar-refractivity contribution >= 4 is 23.3 Å². The molecule has 0 saturated carbocycles. The normalized spacial score (nSPS) is 19.4. The molecule has 1 saturated heterocycles. The summed E-state index contributed by atoms with van der Waals surface area (Å²) in [5.74, 6) is -0.199. The molecule has 5 rings (SSSR count). The molecule has 2 aromatic rings. The van der Waals surface area contributed by atoms with E-state index in [1.807, 2.05) is 30.3 Å². The van der Waals surface area contributed by atoms with Crippen molar-refractivity contribution in [2.75, 3.05) is 56.5 Å². The van der Waals surface area contributed by atoms with E-state index >= 15 is 0 Å². The SMILES string of the molecule is CCc1cccc(CC)c1NC(=O)N1CC2=C(C1)[C@H](NC(=O)c1ccc(N3CCN(C)CC3)cc1)N=N2. The zero-order chi connectivity index (χ0) is 25.9. The Balaban J connectivity index is 1.19. The lowest BCUT2D eigenvalue weighted by atomic mass is 10.0. The smallest absolute Gasteiger partial charge is 0.322 e. The van der Waals surface area contributed by atoms with Crippen molar-refractivity contribution in [2.24, 2.45) is 10.2 Å². The molecule has 37 heavy (non-hydrogen) atoms. The van der Waals surface area contributed by atoms with Crippen molar-refractivity contribution in [3.8, 4) is 0 Å². The highest BCUT2D eigenvalue weighted by molar-refractivity contribution is 5.95. The minimum Gasteiger partial charge on any atom is -0.369 e. The maximum Gasteiger partial charge on any atom is 0.322 e. The highest BCUT2D eigenvalue weighted by Crippen LogP contribution is 2.30. The lowest BCUT2D eigenvalue weighted by Gasteiger charge is -2.34. The molecular weight excluding hydrogens is 466 g/mol. The first-order valence-corrected chi connectivity index (χ1v) is 13.1. The van der Waals surface area contributed by atoms with Crippen molar-refractivity contribution in [2.45, 2.75) is 32.9 Å². The van der Waals surface area contributed by atoms with Gasteiger partial charge in [-0.1, -0.05) is 32.0 Å². The number of piperazine rings is 1. The Labute approximate surface area is 218 Å². The van der Waals surface area contributed by atoms with Gasteiger partial charge in [0.15, 0.2) is 6.17 Å². The summed E-state index contributed by atoms with van der Waals surface area (Å²) in [6.45, 7) is 8.97. The van der Waals surface area contributed by atoms with Crippen molar-refractivity contribution in [1.29, 1.82) is 0 Å². The number of aryl methyl sites for hydroxylation is 2. The maximum atomic E-state index is 13.1. The van der Waals surface area contributed by atoms with E-state index in [2.05, 4.69) is 63.7 Å². The Morgan fingerprint density at radius 2 is 1.62 bits per heavy atom. The highest BCUT2D eigenvalue weighted by Gasteiger charge is 2.35. The van der Waals surface area contributed by atoms with Crippen LogP contribution in [0, 0.1) is 0 Å². The summed E-state index contributed by atoms with van der Waals surface area (Å²) in [6, 6.07) is 13.7. The first-order chi connectivity index (χ1) is 18.0. The molecule has 194 valence electrons. The first-order valence-electron chi connectivity index (χ1n) is 13.1. The molecule has 1 atom stereocenters. The minimum atomic E-state index is -0.549. The Bertz CT molecular complexity index is 1210. The van der Waals surface area contributed by atoms with E-state index in [0.29, 0.717) is 18.7 Å². The van der Waals surface area contributed by atoms with Crippen LogP contribution in [-0.4, -0.2) is 74.2 Å². The van der Waals surface area contributed by atoms with Gasteiger partial charge < -0.3 is 25.3 Å². The Morgan fingerprint density at radius 1 is 0.946 bits per heavy atom. The summed E-state index contributed by atoms with van der Waals surface area (Å²) < 4.78 is 0. The topological polar surface area (TPSA) is 92.6 Å². The molecule has 3 amide bonds. The summed E-state index contributed by atoms with van der Waals surface area (Å²) >= 11 is 0. The van der Waals surface area contributed by atoms with Crippen LogP contribution in [0.4, 0.5) is 16.2 Å². The fourth-order valence-corrected chi connectivity index (χ4v) is 5.12. The zero-order valence-corrected chi connectivity index (χ0v) is 21.8. The van der Waals surface area contributed by atoms with Gasteiger partial charge in [-0.05, 0) is 55.3 Å². The number of benzene rings is 2. The molecule has 0 aliphatic carbocycles. The maximum absolute atomic E-state index is 13.1. The number of amides is 3. The standard InChI is InChI=1S/C28H35N7O2/c1-4-19-7-6-8-20(5-2)25(19)29-28(37)35-17-23-24(18-35)31-32-26(23)30-27(36)21-9-11-22(12-10-21)34-15-13-33(3)14-16-34/h6-12,26H,4-5,13-18H2,1-3H3,(H,29,37)(H,30,36)/t26-/m1/s1. The third-order valence-electron chi connectivity index (χ3n) is 7.48. The summed E-state index contributed by atoms with van der Waals surface area (Å²) in [6.07, 6.45) is 1.14. The Kier molecular flexibility index (Phi) is 7.23. The number of urea groups is 1. The van der Waals surface area contributed by atoms with E-state index in [4.69, 9.17) is 0 Å². The summed E-state index contributed by atoms with van der Waals surface area (Å²) in [5.41, 5.74) is 6.48. The molecule has 0 radical (unpaired) electrons. The van der Waals surface area contributed by atoms with Gasteiger partial charge in [0.2, 0.25) is 0 Å². The number of rotatable bonds is 6. The fraction of sp³-hybridized carbons (Fsp3) is 0.429. The van der Waals surface area contributed by atoms with Crippen molar-refractivity contribution in [3.05, 3.63) is 70.4 Å². The predicted molar refractivity (Wildman–Crippen MR) is 145 cm³/mol. The summed E-state index contributed by atoms with van der Waals surface area (Å²) in [5, 5.41) is 14.6. The van der Waals surface area contributed by atoms with E-state index in [-0.39, 0.29) is 11.9 Å². The van der Waals surface area contributed by atoms with Crippen LogP contribution in [0.15, 0.2) is 64.0 Å². The Hall–Kier alpha value is -3.72. The molecule has 0 spiro atoms. The number of nitrogens with one attached hydrogen (secondary N) is 2. The van der Waals surface area contributed by atoms with Gasteiger partial charge in [-0.25, -0.2) is 4.79 Å². The van der Waals surface area contributed by atoms with Crippen molar-refractivity contribution in [1.82, 2.24) is 15.1 Å². The predicted octanol–water partition coefficient (Wildman–Crippen LogP) is 3.89. The van der Waals surface area contributed by atoms with Gasteiger partial charge in [-0.15, -0.1) is 0 Å². The quantitative estimate of drug-likeness (QED) is 0.628. The molecule has 2 aromatic carbocycles. The second kappa shape index (κ2) is 10.7. The number of hydrogen-bond donors (Lipinski definition) is 2. The number of carbonyl (C=O) groups is 2. The van der Waals surface area contributed by atoms with E-state index < -0.39 is 6.17 Å². The van der Waals surface area contributed by atoms with Crippen LogP contribution >= 0.6 is 0 Å². The average Bonchev–Trinajstić information content (AvgIpc) is 3.51. The lowest BCUT2D eigenvalue weighted by Crippen LogP contribution is -2.44. The van der Waals surface area contributed by atoms with Crippen LogP contribution in [0.2, 0.25) is 0 Å². The minimum absolute atomic E-state index is 0.162. The molecule has 3 heterocycles. The highest BCUT2D eigenvalue weighted by atomic mass is 16.2. The van der Waals surface area contributed by atoms with E-state index in [1.54, 1.807) is 4.90 Å². The molecule has 3 aliphatic rings. The fourth-order valence-electron chi connectivity index (χ4n) is 5.12. The molecular formula is C28H35N7O2. The number of hydrogen-bond acceptors (Lipinski definition) is 6. The van der Waals surface area contributed by atoms with Crippen LogP contribution in [0.5, 0.6) is 0 Å². The number of likely N-dealkylation sites (N-methyl/N-ethyl adjacent to an activating group) is 1.